The van der Waals surface area contributed by atoms with Crippen molar-refractivity contribution in [3.8, 4) is 0 Å². The molecule has 28 heavy (non-hydrogen) atoms. The maximum atomic E-state index is 12.3. The van der Waals surface area contributed by atoms with Crippen LogP contribution in [0.2, 0.25) is 0 Å². The first-order valence-electron chi connectivity index (χ1n) is 9.25. The first kappa shape index (κ1) is 18.1. The molecule has 1 aliphatic heterocycles. The molecule has 1 N–H and O–H groups in total. The number of piperazine rings is 1. The number of nitro benzene ring substituents is 1. The van der Waals surface area contributed by atoms with E-state index in [0.717, 1.165) is 31.9 Å². The standard InChI is InChI=1S/C20H21N5O3/c1-14(19-21-18-5-3-2-4-17(18)20(26)22-19)23-10-12-24(13-11-23)15-6-8-16(9-7-15)25(27)28/h2-9,14H,10-13H2,1H3,(H,21,22,26)/t14-/m1/s1. The van der Waals surface area contributed by atoms with Crippen molar-refractivity contribution >= 4 is 22.3 Å². The SMILES string of the molecule is C[C@H](c1nc2ccccc2c(=O)[nH]1)N1CCN(c2ccc([N+](=O)[O-])cc2)CC1. The van der Waals surface area contributed by atoms with Crippen LogP contribution in [0.3, 0.4) is 0 Å². The quantitative estimate of drug-likeness (QED) is 0.553. The molecule has 1 aromatic heterocycles. The van der Waals surface area contributed by atoms with Crippen molar-refractivity contribution in [2.75, 3.05) is 31.1 Å². The molecule has 1 saturated heterocycles. The number of fused-ring (bicyclic) bond motifs is 1. The zero-order valence-electron chi connectivity index (χ0n) is 15.5. The summed E-state index contributed by atoms with van der Waals surface area (Å²) in [5.74, 6) is 0.674. The van der Waals surface area contributed by atoms with Crippen LogP contribution in [-0.4, -0.2) is 46.0 Å². The van der Waals surface area contributed by atoms with Crippen LogP contribution in [0.15, 0.2) is 53.3 Å². The predicted octanol–water partition coefficient (Wildman–Crippen LogP) is 2.71. The Morgan fingerprint density at radius 1 is 1.07 bits per heavy atom. The fourth-order valence-electron chi connectivity index (χ4n) is 3.63. The zero-order valence-corrected chi connectivity index (χ0v) is 15.5. The summed E-state index contributed by atoms with van der Waals surface area (Å²) in [6.07, 6.45) is 0. The maximum absolute atomic E-state index is 12.3. The third-order valence-corrected chi connectivity index (χ3v) is 5.31. The second-order valence-electron chi connectivity index (χ2n) is 6.94. The van der Waals surface area contributed by atoms with Crippen molar-refractivity contribution < 1.29 is 4.92 Å². The number of hydrogen-bond donors (Lipinski definition) is 1. The van der Waals surface area contributed by atoms with Gasteiger partial charge in [-0.1, -0.05) is 12.1 Å². The fourth-order valence-corrected chi connectivity index (χ4v) is 3.63. The molecule has 2 heterocycles. The van der Waals surface area contributed by atoms with Crippen LogP contribution in [0.1, 0.15) is 18.8 Å². The fraction of sp³-hybridized carbons (Fsp3) is 0.300. The van der Waals surface area contributed by atoms with Gasteiger partial charge in [-0.05, 0) is 31.2 Å². The van der Waals surface area contributed by atoms with Gasteiger partial charge >= 0.3 is 0 Å². The molecule has 2 aromatic carbocycles. The third kappa shape index (κ3) is 3.46. The highest BCUT2D eigenvalue weighted by Crippen LogP contribution is 2.24. The van der Waals surface area contributed by atoms with Crippen LogP contribution in [0.25, 0.3) is 10.9 Å². The van der Waals surface area contributed by atoms with Crippen LogP contribution in [0.5, 0.6) is 0 Å². The number of H-pyrrole nitrogens is 1. The minimum atomic E-state index is -0.388. The summed E-state index contributed by atoms with van der Waals surface area (Å²) >= 11 is 0. The minimum Gasteiger partial charge on any atom is -0.369 e. The summed E-state index contributed by atoms with van der Waals surface area (Å²) in [5.41, 5.74) is 1.67. The summed E-state index contributed by atoms with van der Waals surface area (Å²) in [6.45, 7) is 5.29. The zero-order chi connectivity index (χ0) is 19.7. The van der Waals surface area contributed by atoms with Gasteiger partial charge in [0.05, 0.1) is 21.9 Å². The van der Waals surface area contributed by atoms with Gasteiger partial charge in [-0.25, -0.2) is 4.98 Å². The maximum Gasteiger partial charge on any atom is 0.269 e. The van der Waals surface area contributed by atoms with Gasteiger partial charge in [0.2, 0.25) is 0 Å². The van der Waals surface area contributed by atoms with Crippen LogP contribution >= 0.6 is 0 Å². The van der Waals surface area contributed by atoms with Gasteiger partial charge < -0.3 is 9.88 Å². The highest BCUT2D eigenvalue weighted by molar-refractivity contribution is 5.77. The van der Waals surface area contributed by atoms with Gasteiger partial charge in [0.1, 0.15) is 5.82 Å². The Morgan fingerprint density at radius 2 is 1.75 bits per heavy atom. The van der Waals surface area contributed by atoms with Crippen molar-refractivity contribution in [2.24, 2.45) is 0 Å². The first-order valence-corrected chi connectivity index (χ1v) is 9.25. The molecule has 1 atom stereocenters. The summed E-state index contributed by atoms with van der Waals surface area (Å²) in [6, 6.07) is 14.0. The first-order chi connectivity index (χ1) is 13.5. The monoisotopic (exact) mass is 379 g/mol. The molecule has 0 spiro atoms. The minimum absolute atomic E-state index is 0.00341. The van der Waals surface area contributed by atoms with E-state index in [1.165, 1.54) is 12.1 Å². The van der Waals surface area contributed by atoms with Gasteiger partial charge in [-0.3, -0.25) is 19.8 Å². The Morgan fingerprint density at radius 3 is 2.43 bits per heavy atom. The average Bonchev–Trinajstić information content (AvgIpc) is 2.73. The Bertz CT molecular complexity index is 1060. The summed E-state index contributed by atoms with van der Waals surface area (Å²) in [5, 5.41) is 11.4. The Balaban J connectivity index is 1.46. The van der Waals surface area contributed by atoms with Crippen molar-refractivity contribution in [1.82, 2.24) is 14.9 Å². The van der Waals surface area contributed by atoms with Crippen LogP contribution < -0.4 is 10.5 Å². The molecule has 1 aliphatic rings. The van der Waals surface area contributed by atoms with E-state index in [1.54, 1.807) is 18.2 Å². The van der Waals surface area contributed by atoms with Crippen molar-refractivity contribution in [3.05, 3.63) is 74.8 Å². The van der Waals surface area contributed by atoms with E-state index in [2.05, 4.69) is 26.7 Å². The summed E-state index contributed by atoms with van der Waals surface area (Å²) in [7, 11) is 0. The van der Waals surface area contributed by atoms with E-state index in [1.807, 2.05) is 18.2 Å². The lowest BCUT2D eigenvalue weighted by Gasteiger charge is -2.38. The Labute approximate surface area is 161 Å². The number of rotatable bonds is 4. The third-order valence-electron chi connectivity index (χ3n) is 5.31. The molecule has 0 saturated carbocycles. The lowest BCUT2D eigenvalue weighted by molar-refractivity contribution is -0.384. The smallest absolute Gasteiger partial charge is 0.269 e. The molecule has 3 aromatic rings. The number of anilines is 1. The molecule has 0 amide bonds. The van der Waals surface area contributed by atoms with Crippen LogP contribution in [-0.2, 0) is 0 Å². The van der Waals surface area contributed by atoms with Crippen LogP contribution in [0.4, 0.5) is 11.4 Å². The van der Waals surface area contributed by atoms with Crippen molar-refractivity contribution in [2.45, 2.75) is 13.0 Å². The molecule has 8 heteroatoms. The number of benzene rings is 2. The molecule has 4 rings (SSSR count). The number of non-ortho nitro benzene ring substituents is 1. The molecule has 0 unspecified atom stereocenters. The van der Waals surface area contributed by atoms with Gasteiger partial charge in [0, 0.05) is 44.0 Å². The van der Waals surface area contributed by atoms with E-state index in [0.29, 0.717) is 16.7 Å². The van der Waals surface area contributed by atoms with Gasteiger partial charge in [-0.2, -0.15) is 0 Å². The molecule has 0 aliphatic carbocycles. The number of aromatic nitrogens is 2. The second-order valence-corrected chi connectivity index (χ2v) is 6.94. The Hall–Kier alpha value is -3.26. The summed E-state index contributed by atoms with van der Waals surface area (Å²) in [4.78, 5) is 34.8. The number of nitrogens with zero attached hydrogens (tertiary/aromatic N) is 4. The number of hydrogen-bond acceptors (Lipinski definition) is 6. The van der Waals surface area contributed by atoms with E-state index in [4.69, 9.17) is 0 Å². The van der Waals surface area contributed by atoms with Gasteiger partial charge in [-0.15, -0.1) is 0 Å². The molecule has 1 fully saturated rings. The van der Waals surface area contributed by atoms with Gasteiger partial charge in [0.15, 0.2) is 0 Å². The lowest BCUT2D eigenvalue weighted by atomic mass is 10.1. The van der Waals surface area contributed by atoms with E-state index < -0.39 is 0 Å². The molecule has 0 radical (unpaired) electrons. The highest BCUT2D eigenvalue weighted by atomic mass is 16.6. The van der Waals surface area contributed by atoms with Crippen molar-refractivity contribution in [1.29, 1.82) is 0 Å². The molecular weight excluding hydrogens is 358 g/mol. The Kier molecular flexibility index (Phi) is 4.79. The largest absolute Gasteiger partial charge is 0.369 e. The normalized spacial score (nSPS) is 16.2. The van der Waals surface area contributed by atoms with Crippen LogP contribution in [0, 0.1) is 10.1 Å². The average molecular weight is 379 g/mol. The number of aromatic amines is 1. The predicted molar refractivity (Wildman–Crippen MR) is 108 cm³/mol. The molecular formula is C20H21N5O3. The molecule has 144 valence electrons. The molecule has 0 bridgehead atoms. The second kappa shape index (κ2) is 7.40. The highest BCUT2D eigenvalue weighted by Gasteiger charge is 2.24. The van der Waals surface area contributed by atoms with E-state index in [-0.39, 0.29) is 22.2 Å². The van der Waals surface area contributed by atoms with Crippen molar-refractivity contribution in [3.63, 3.8) is 0 Å². The number of nitro groups is 1. The lowest BCUT2D eigenvalue weighted by Crippen LogP contribution is -2.47. The number of para-hydroxylation sites is 1. The summed E-state index contributed by atoms with van der Waals surface area (Å²) < 4.78 is 0. The topological polar surface area (TPSA) is 95.4 Å². The van der Waals surface area contributed by atoms with Gasteiger partial charge in [0.25, 0.3) is 11.2 Å². The molecule has 8 nitrogen and oxygen atoms in total. The number of nitrogens with one attached hydrogen (secondary N) is 1. The van der Waals surface area contributed by atoms with E-state index in [9.17, 15) is 14.9 Å². The van der Waals surface area contributed by atoms with E-state index >= 15 is 0 Å².